The van der Waals surface area contributed by atoms with Gasteiger partial charge < -0.3 is 34.8 Å². The Kier molecular flexibility index (Phi) is 10.7. The van der Waals surface area contributed by atoms with Crippen LogP contribution in [0.25, 0.3) is 0 Å². The van der Waals surface area contributed by atoms with Crippen molar-refractivity contribution >= 4 is 29.9 Å². The molecule has 0 radical (unpaired) electrons. The van der Waals surface area contributed by atoms with E-state index in [4.69, 9.17) is 9.47 Å². The van der Waals surface area contributed by atoms with E-state index in [2.05, 4.69) is 15.7 Å². The lowest BCUT2D eigenvalue weighted by molar-refractivity contribution is -0.121. The summed E-state index contributed by atoms with van der Waals surface area (Å²) in [5.41, 5.74) is 1.87. The van der Waals surface area contributed by atoms with Crippen molar-refractivity contribution in [1.29, 1.82) is 0 Å². The van der Waals surface area contributed by atoms with Crippen molar-refractivity contribution < 1.29 is 28.7 Å². The van der Waals surface area contributed by atoms with Crippen LogP contribution in [0.5, 0.6) is 0 Å². The van der Waals surface area contributed by atoms with Crippen LogP contribution in [-0.4, -0.2) is 88.9 Å². The normalized spacial score (nSPS) is 17.4. The highest BCUT2D eigenvalue weighted by Crippen LogP contribution is 2.42. The number of hydrogen-bond donors (Lipinski definition) is 2. The lowest BCUT2D eigenvalue weighted by atomic mass is 9.97. The molecular formula is C35H45N7O6. The molecule has 13 nitrogen and oxygen atoms in total. The molecule has 1 aromatic heterocycles. The van der Waals surface area contributed by atoms with Crippen molar-refractivity contribution in [2.75, 3.05) is 45.7 Å². The number of amides is 4. The lowest BCUT2D eigenvalue weighted by Crippen LogP contribution is -2.49. The van der Waals surface area contributed by atoms with Crippen LogP contribution in [0.3, 0.4) is 0 Å². The molecular weight excluding hydrogens is 614 g/mol. The maximum absolute atomic E-state index is 13.9. The second-order valence-corrected chi connectivity index (χ2v) is 12.9. The maximum Gasteiger partial charge on any atom is 0.435 e. The zero-order valence-electron chi connectivity index (χ0n) is 28.3. The summed E-state index contributed by atoms with van der Waals surface area (Å²) in [6.45, 7) is 7.00. The Morgan fingerprint density at radius 1 is 1.00 bits per heavy atom. The minimum absolute atomic E-state index is 0.106. The Balaban J connectivity index is 1.33. The van der Waals surface area contributed by atoms with Gasteiger partial charge in [-0.05, 0) is 58.8 Å². The van der Waals surface area contributed by atoms with Gasteiger partial charge in [-0.15, -0.1) is 5.10 Å². The molecule has 2 aliphatic heterocycles. The summed E-state index contributed by atoms with van der Waals surface area (Å²) in [5.74, 6) is -0.663. The molecule has 13 heteroatoms. The van der Waals surface area contributed by atoms with Crippen LogP contribution >= 0.6 is 0 Å². The second-order valence-electron chi connectivity index (χ2n) is 12.9. The largest absolute Gasteiger partial charge is 0.448 e. The fraction of sp³-hybridized carbons (Fsp3) is 0.457. The molecule has 2 N–H and O–H groups in total. The Bertz CT molecular complexity index is 1610. The second kappa shape index (κ2) is 14.9. The number of ether oxygens (including phenoxy) is 2. The molecule has 4 amide bonds. The Morgan fingerprint density at radius 2 is 1.69 bits per heavy atom. The van der Waals surface area contributed by atoms with Gasteiger partial charge in [0.2, 0.25) is 5.91 Å². The first kappa shape index (κ1) is 34.4. The number of carbonyl (C=O) groups is 4. The standard InChI is InChI=1S/C35H45N7O6/c1-6-47-34(46)42-29-27(21-41(35(29,2)3)32(44)36-28(22-39(4)5)25-16-11-8-12-17-25)30(38-42)37-31(43)26-18-13-19-40(20-26)33(45)48-23-24-14-9-7-10-15-24/h7-12,14-17,26,28H,6,13,18-23H2,1-5H3,(H,36,44)(H,37,38,43)/t26-,28-/m1/s1. The number of benzene rings is 2. The zero-order chi connectivity index (χ0) is 34.4. The Hall–Kier alpha value is -4.91. The fourth-order valence-electron chi connectivity index (χ4n) is 6.35. The SMILES string of the molecule is CCOC(=O)n1nc(NC(=O)[C@@H]2CCCN(C(=O)OCc3ccccc3)C2)c2c1C(C)(C)N(C(=O)N[C@H](CN(C)C)c1ccccc1)C2. The van der Waals surface area contributed by atoms with Gasteiger partial charge in [0.15, 0.2) is 5.82 Å². The lowest BCUT2D eigenvalue weighted by Gasteiger charge is -2.34. The monoisotopic (exact) mass is 659 g/mol. The van der Waals surface area contributed by atoms with E-state index in [1.807, 2.05) is 93.5 Å². The number of aromatic nitrogens is 2. The van der Waals surface area contributed by atoms with Crippen molar-refractivity contribution in [2.45, 2.75) is 58.3 Å². The molecule has 2 aromatic carbocycles. The van der Waals surface area contributed by atoms with Gasteiger partial charge in [-0.25, -0.2) is 14.4 Å². The predicted molar refractivity (Wildman–Crippen MR) is 179 cm³/mol. The van der Waals surface area contributed by atoms with Crippen LogP contribution in [0.2, 0.25) is 0 Å². The first-order chi connectivity index (χ1) is 23.0. The first-order valence-electron chi connectivity index (χ1n) is 16.3. The van der Waals surface area contributed by atoms with Gasteiger partial charge in [-0.3, -0.25) is 4.79 Å². The van der Waals surface area contributed by atoms with Crippen LogP contribution in [0.15, 0.2) is 60.7 Å². The van der Waals surface area contributed by atoms with E-state index in [9.17, 15) is 19.2 Å². The quantitative estimate of drug-likeness (QED) is 0.330. The highest BCUT2D eigenvalue weighted by Gasteiger charge is 2.47. The van der Waals surface area contributed by atoms with Crippen molar-refractivity contribution in [3.8, 4) is 0 Å². The molecule has 0 bridgehead atoms. The molecule has 0 aliphatic carbocycles. The van der Waals surface area contributed by atoms with E-state index >= 15 is 0 Å². The average molecular weight is 660 g/mol. The van der Waals surface area contributed by atoms with Gasteiger partial charge in [0.05, 0.1) is 36.3 Å². The zero-order valence-corrected chi connectivity index (χ0v) is 28.3. The highest BCUT2D eigenvalue weighted by atomic mass is 16.6. The summed E-state index contributed by atoms with van der Waals surface area (Å²) in [7, 11) is 3.89. The number of fused-ring (bicyclic) bond motifs is 1. The first-order valence-corrected chi connectivity index (χ1v) is 16.3. The number of hydrogen-bond acceptors (Lipinski definition) is 8. The number of likely N-dealkylation sites (N-methyl/N-ethyl adjacent to an activating group) is 1. The minimum atomic E-state index is -0.980. The van der Waals surface area contributed by atoms with Gasteiger partial charge in [-0.1, -0.05) is 60.7 Å². The number of nitrogens with one attached hydrogen (secondary N) is 2. The van der Waals surface area contributed by atoms with Crippen LogP contribution in [-0.2, 0) is 33.0 Å². The van der Waals surface area contributed by atoms with E-state index < -0.39 is 23.6 Å². The molecule has 3 aromatic rings. The van der Waals surface area contributed by atoms with Gasteiger partial charge in [-0.2, -0.15) is 4.68 Å². The molecule has 0 unspecified atom stereocenters. The van der Waals surface area contributed by atoms with Crippen LogP contribution in [0.1, 0.15) is 62.0 Å². The third-order valence-corrected chi connectivity index (χ3v) is 8.78. The van der Waals surface area contributed by atoms with E-state index in [1.165, 1.54) is 0 Å². The third kappa shape index (κ3) is 7.62. The smallest absolute Gasteiger partial charge is 0.435 e. The number of anilines is 1. The van der Waals surface area contributed by atoms with Gasteiger partial charge in [0.1, 0.15) is 6.61 Å². The molecule has 2 aliphatic rings. The topological polar surface area (TPSA) is 138 Å². The van der Waals surface area contributed by atoms with Crippen LogP contribution in [0.4, 0.5) is 20.2 Å². The number of carbonyl (C=O) groups excluding carboxylic acids is 4. The van der Waals surface area contributed by atoms with Crippen LogP contribution in [0, 0.1) is 5.92 Å². The highest BCUT2D eigenvalue weighted by molar-refractivity contribution is 5.94. The summed E-state index contributed by atoms with van der Waals surface area (Å²) in [6.07, 6.45) is 0.0198. The summed E-state index contributed by atoms with van der Waals surface area (Å²) < 4.78 is 12.0. The molecule has 0 spiro atoms. The number of nitrogens with zero attached hydrogens (tertiary/aromatic N) is 5. The summed E-state index contributed by atoms with van der Waals surface area (Å²) >= 11 is 0. The molecule has 1 fully saturated rings. The number of urea groups is 1. The molecule has 256 valence electrons. The predicted octanol–water partition coefficient (Wildman–Crippen LogP) is 4.94. The Labute approximate surface area is 281 Å². The van der Waals surface area contributed by atoms with Crippen molar-refractivity contribution in [1.82, 2.24) is 29.8 Å². The van der Waals surface area contributed by atoms with Crippen LogP contribution < -0.4 is 10.6 Å². The van der Waals surface area contributed by atoms with E-state index in [0.717, 1.165) is 15.8 Å². The maximum atomic E-state index is 13.9. The Morgan fingerprint density at radius 3 is 2.35 bits per heavy atom. The van der Waals surface area contributed by atoms with E-state index in [0.29, 0.717) is 37.2 Å². The molecule has 2 atom stereocenters. The summed E-state index contributed by atoms with van der Waals surface area (Å²) in [4.78, 5) is 58.7. The summed E-state index contributed by atoms with van der Waals surface area (Å²) in [6, 6.07) is 18.5. The summed E-state index contributed by atoms with van der Waals surface area (Å²) in [5, 5.41) is 10.6. The van der Waals surface area contributed by atoms with Gasteiger partial charge >= 0.3 is 18.2 Å². The number of likely N-dealkylation sites (tertiary alicyclic amines) is 1. The van der Waals surface area contributed by atoms with E-state index in [-0.39, 0.29) is 50.1 Å². The molecule has 48 heavy (non-hydrogen) atoms. The number of piperidine rings is 1. The number of rotatable bonds is 9. The van der Waals surface area contributed by atoms with Gasteiger partial charge in [0, 0.05) is 25.2 Å². The van der Waals surface area contributed by atoms with Crippen molar-refractivity contribution in [2.24, 2.45) is 5.92 Å². The minimum Gasteiger partial charge on any atom is -0.448 e. The third-order valence-electron chi connectivity index (χ3n) is 8.78. The molecule has 0 saturated carbocycles. The van der Waals surface area contributed by atoms with E-state index in [1.54, 1.807) is 16.7 Å². The van der Waals surface area contributed by atoms with Gasteiger partial charge in [0.25, 0.3) is 0 Å². The molecule has 3 heterocycles. The fourth-order valence-corrected chi connectivity index (χ4v) is 6.35. The van der Waals surface area contributed by atoms with Crippen molar-refractivity contribution in [3.05, 3.63) is 83.0 Å². The van der Waals surface area contributed by atoms with Crippen molar-refractivity contribution in [3.63, 3.8) is 0 Å². The molecule has 1 saturated heterocycles. The average Bonchev–Trinajstić information content (AvgIpc) is 3.58. The molecule has 5 rings (SSSR count).